The molecule has 0 unspecified atom stereocenters. The molecule has 5 nitrogen and oxygen atoms in total. The van der Waals surface area contributed by atoms with Gasteiger partial charge >= 0.3 is 0 Å². The molecule has 1 atom stereocenters. The molecule has 0 bridgehead atoms. The number of aromatic nitrogens is 1. The highest BCUT2D eigenvalue weighted by atomic mass is 32.1. The van der Waals surface area contributed by atoms with Gasteiger partial charge in [-0.15, -0.1) is 11.3 Å². The van der Waals surface area contributed by atoms with Crippen LogP contribution in [0.15, 0.2) is 5.38 Å². The highest BCUT2D eigenvalue weighted by molar-refractivity contribution is 7.09. The maximum atomic E-state index is 12.9. The van der Waals surface area contributed by atoms with Crippen LogP contribution in [0.1, 0.15) is 62.2 Å². The van der Waals surface area contributed by atoms with Gasteiger partial charge in [-0.25, -0.2) is 4.98 Å². The number of carbonyl (C=O) groups excluding carboxylic acids is 2. The lowest BCUT2D eigenvalue weighted by molar-refractivity contribution is -0.142. The summed E-state index contributed by atoms with van der Waals surface area (Å²) in [6, 6.07) is 0.00403. The molecule has 0 radical (unpaired) electrons. The third kappa shape index (κ3) is 4.05. The van der Waals surface area contributed by atoms with E-state index in [1.807, 2.05) is 36.1 Å². The van der Waals surface area contributed by atoms with E-state index < -0.39 is 0 Å². The number of rotatable bonds is 4. The largest absolute Gasteiger partial charge is 0.342 e. The summed E-state index contributed by atoms with van der Waals surface area (Å²) in [5.41, 5.74) is 1.01. The second-order valence-corrected chi connectivity index (χ2v) is 8.42. The highest BCUT2D eigenvalue weighted by Gasteiger charge is 2.34. The summed E-state index contributed by atoms with van der Waals surface area (Å²) in [6.07, 6.45) is 6.03. The monoisotopic (exact) mass is 363 g/mol. The van der Waals surface area contributed by atoms with Crippen LogP contribution in [0.3, 0.4) is 0 Å². The molecule has 0 N–H and O–H groups in total. The van der Waals surface area contributed by atoms with Gasteiger partial charge in [-0.3, -0.25) is 9.59 Å². The van der Waals surface area contributed by atoms with Crippen LogP contribution in [0.4, 0.5) is 0 Å². The first-order chi connectivity index (χ1) is 12.0. The molecule has 0 aromatic carbocycles. The Hall–Kier alpha value is -1.43. The van der Waals surface area contributed by atoms with Crippen LogP contribution >= 0.6 is 11.3 Å². The second kappa shape index (κ2) is 7.85. The van der Waals surface area contributed by atoms with Gasteiger partial charge in [-0.05, 0) is 39.5 Å². The Kier molecular flexibility index (Phi) is 5.77. The first kappa shape index (κ1) is 18.4. The molecule has 1 saturated carbocycles. The molecule has 2 aliphatic rings. The number of hydrogen-bond donors (Lipinski definition) is 0. The molecule has 2 amide bonds. The Labute approximate surface area is 154 Å². The number of piperidine rings is 1. The van der Waals surface area contributed by atoms with Gasteiger partial charge in [0.15, 0.2) is 0 Å². The first-order valence-electron chi connectivity index (χ1n) is 9.45. The smallest absolute Gasteiger partial charge is 0.226 e. The summed E-state index contributed by atoms with van der Waals surface area (Å²) < 4.78 is 0. The minimum Gasteiger partial charge on any atom is -0.342 e. The lowest BCUT2D eigenvalue weighted by Gasteiger charge is -2.35. The lowest BCUT2D eigenvalue weighted by Crippen LogP contribution is -2.45. The SMILES string of the molecule is Cc1csc([C@@H](C)N(C)C(=O)C2CCN(C(=O)C3CCCC3)CC2)n1. The van der Waals surface area contributed by atoms with Crippen molar-refractivity contribution in [3.63, 3.8) is 0 Å². The predicted molar refractivity (Wildman–Crippen MR) is 99.3 cm³/mol. The highest BCUT2D eigenvalue weighted by Crippen LogP contribution is 2.30. The molecular weight excluding hydrogens is 334 g/mol. The fraction of sp³-hybridized carbons (Fsp3) is 0.737. The Morgan fingerprint density at radius 1 is 1.20 bits per heavy atom. The predicted octanol–water partition coefficient (Wildman–Crippen LogP) is 3.40. The van der Waals surface area contributed by atoms with Crippen molar-refractivity contribution in [1.82, 2.24) is 14.8 Å². The number of nitrogens with zero attached hydrogens (tertiary/aromatic N) is 3. The maximum absolute atomic E-state index is 12.9. The van der Waals surface area contributed by atoms with Crippen LogP contribution in [0, 0.1) is 18.8 Å². The molecule has 2 heterocycles. The third-order valence-corrected chi connectivity index (χ3v) is 6.92. The zero-order valence-corrected chi connectivity index (χ0v) is 16.3. The van der Waals surface area contributed by atoms with E-state index >= 15 is 0 Å². The minimum absolute atomic E-state index is 0.00403. The van der Waals surface area contributed by atoms with E-state index in [0.717, 1.165) is 49.5 Å². The van der Waals surface area contributed by atoms with Gasteiger partial charge in [0.1, 0.15) is 5.01 Å². The van der Waals surface area contributed by atoms with Gasteiger partial charge in [-0.2, -0.15) is 0 Å². The van der Waals surface area contributed by atoms with Crippen molar-refractivity contribution >= 4 is 23.2 Å². The Bertz CT molecular complexity index is 616. The van der Waals surface area contributed by atoms with Crippen molar-refractivity contribution in [1.29, 1.82) is 0 Å². The maximum Gasteiger partial charge on any atom is 0.226 e. The van der Waals surface area contributed by atoms with Crippen LogP contribution in [-0.4, -0.2) is 46.7 Å². The lowest BCUT2D eigenvalue weighted by atomic mass is 9.93. The van der Waals surface area contributed by atoms with Gasteiger partial charge in [0.25, 0.3) is 0 Å². The van der Waals surface area contributed by atoms with E-state index in [-0.39, 0.29) is 23.8 Å². The second-order valence-electron chi connectivity index (χ2n) is 7.53. The quantitative estimate of drug-likeness (QED) is 0.824. The molecule has 0 spiro atoms. The summed E-state index contributed by atoms with van der Waals surface area (Å²) in [7, 11) is 1.87. The van der Waals surface area contributed by atoms with E-state index in [1.54, 1.807) is 11.3 Å². The van der Waals surface area contributed by atoms with E-state index in [2.05, 4.69) is 4.98 Å². The van der Waals surface area contributed by atoms with Gasteiger partial charge in [0.05, 0.1) is 6.04 Å². The average Bonchev–Trinajstić information content (AvgIpc) is 3.31. The Balaban J connectivity index is 1.53. The number of carbonyl (C=O) groups is 2. The number of thiazole rings is 1. The van der Waals surface area contributed by atoms with Gasteiger partial charge in [0.2, 0.25) is 11.8 Å². The van der Waals surface area contributed by atoms with Crippen molar-refractivity contribution < 1.29 is 9.59 Å². The molecule has 1 aromatic heterocycles. The third-order valence-electron chi connectivity index (χ3n) is 5.78. The van der Waals surface area contributed by atoms with Crippen molar-refractivity contribution in [2.24, 2.45) is 11.8 Å². The molecule has 3 rings (SSSR count). The fourth-order valence-electron chi connectivity index (χ4n) is 3.99. The fourth-order valence-corrected chi connectivity index (χ4v) is 4.88. The molecule has 1 aliphatic carbocycles. The topological polar surface area (TPSA) is 53.5 Å². The van der Waals surface area contributed by atoms with Gasteiger partial charge in [0, 0.05) is 43.0 Å². The van der Waals surface area contributed by atoms with E-state index in [4.69, 9.17) is 0 Å². The number of likely N-dealkylation sites (tertiary alicyclic amines) is 1. The molecule has 1 saturated heterocycles. The molecule has 2 fully saturated rings. The van der Waals surface area contributed by atoms with E-state index in [1.165, 1.54) is 12.8 Å². The van der Waals surface area contributed by atoms with E-state index in [9.17, 15) is 9.59 Å². The standard InChI is InChI=1S/C19H29N3O2S/c1-13-12-25-17(20-13)14(2)21(3)18(23)16-8-10-22(11-9-16)19(24)15-6-4-5-7-15/h12,14-16H,4-11H2,1-3H3/t14-/m1/s1. The molecule has 138 valence electrons. The zero-order valence-electron chi connectivity index (χ0n) is 15.5. The zero-order chi connectivity index (χ0) is 18.0. The number of hydrogen-bond acceptors (Lipinski definition) is 4. The van der Waals surface area contributed by atoms with Crippen molar-refractivity contribution in [2.45, 2.75) is 58.4 Å². The summed E-state index contributed by atoms with van der Waals surface area (Å²) >= 11 is 1.61. The minimum atomic E-state index is 0.00403. The van der Waals surface area contributed by atoms with Crippen molar-refractivity contribution in [3.05, 3.63) is 16.1 Å². The average molecular weight is 364 g/mol. The molecule has 25 heavy (non-hydrogen) atoms. The Morgan fingerprint density at radius 3 is 2.40 bits per heavy atom. The van der Waals surface area contributed by atoms with Crippen molar-refractivity contribution in [3.8, 4) is 0 Å². The van der Waals surface area contributed by atoms with Crippen LogP contribution in [0.5, 0.6) is 0 Å². The molecular formula is C19H29N3O2S. The first-order valence-corrected chi connectivity index (χ1v) is 10.3. The van der Waals surface area contributed by atoms with Gasteiger partial charge < -0.3 is 9.80 Å². The molecule has 1 aromatic rings. The summed E-state index contributed by atoms with van der Waals surface area (Å²) in [6.45, 7) is 5.47. The van der Waals surface area contributed by atoms with Crippen LogP contribution in [0.25, 0.3) is 0 Å². The number of aryl methyl sites for hydroxylation is 1. The summed E-state index contributed by atoms with van der Waals surface area (Å²) in [5, 5.41) is 3.01. The summed E-state index contributed by atoms with van der Waals surface area (Å²) in [4.78, 5) is 33.7. The number of amides is 2. The summed E-state index contributed by atoms with van der Waals surface area (Å²) in [5.74, 6) is 0.779. The molecule has 6 heteroatoms. The van der Waals surface area contributed by atoms with Gasteiger partial charge in [-0.1, -0.05) is 12.8 Å². The Morgan fingerprint density at radius 2 is 1.84 bits per heavy atom. The van der Waals surface area contributed by atoms with Crippen LogP contribution in [-0.2, 0) is 9.59 Å². The van der Waals surface area contributed by atoms with E-state index in [0.29, 0.717) is 5.91 Å². The van der Waals surface area contributed by atoms with Crippen LogP contribution in [0.2, 0.25) is 0 Å². The van der Waals surface area contributed by atoms with Crippen LogP contribution < -0.4 is 0 Å². The normalized spacial score (nSPS) is 20.7. The van der Waals surface area contributed by atoms with Crippen molar-refractivity contribution in [2.75, 3.05) is 20.1 Å². The molecule has 1 aliphatic heterocycles.